The Bertz CT molecular complexity index is 520. The molecule has 1 amide bonds. The first-order valence-corrected chi connectivity index (χ1v) is 7.44. The van der Waals surface area contributed by atoms with Crippen LogP contribution in [0.15, 0.2) is 18.2 Å². The van der Waals surface area contributed by atoms with Crippen LogP contribution in [0.2, 0.25) is 5.02 Å². The van der Waals surface area contributed by atoms with Gasteiger partial charge < -0.3 is 15.8 Å². The van der Waals surface area contributed by atoms with E-state index < -0.39 is 0 Å². The minimum absolute atomic E-state index is 0.0299. The molecule has 1 saturated heterocycles. The zero-order chi connectivity index (χ0) is 15.5. The van der Waals surface area contributed by atoms with E-state index in [1.54, 1.807) is 18.2 Å². The van der Waals surface area contributed by atoms with Crippen LogP contribution in [0.1, 0.15) is 20.3 Å². The standard InChI is InChI=1S/C15H22ClN3O2/c1-15(2)10-21-8-7-19(15)6-5-14(20)18-13-4-3-11(16)9-12(13)17/h3-4,9H,5-8,10,17H2,1-2H3,(H,18,20). The lowest BCUT2D eigenvalue weighted by molar-refractivity contribution is -0.117. The van der Waals surface area contributed by atoms with Crippen LogP contribution in [-0.2, 0) is 9.53 Å². The van der Waals surface area contributed by atoms with Crippen molar-refractivity contribution in [2.24, 2.45) is 0 Å². The second kappa shape index (κ2) is 6.64. The van der Waals surface area contributed by atoms with Crippen molar-refractivity contribution < 1.29 is 9.53 Å². The molecule has 2 rings (SSSR count). The number of carbonyl (C=O) groups excluding carboxylic acids is 1. The normalized spacial score (nSPS) is 18.4. The van der Waals surface area contributed by atoms with Crippen molar-refractivity contribution in [2.75, 3.05) is 37.4 Å². The molecule has 0 aromatic heterocycles. The summed E-state index contributed by atoms with van der Waals surface area (Å²) in [4.78, 5) is 14.3. The van der Waals surface area contributed by atoms with Crippen molar-refractivity contribution >= 4 is 28.9 Å². The van der Waals surface area contributed by atoms with E-state index in [0.29, 0.717) is 36.0 Å². The molecule has 1 aromatic rings. The van der Waals surface area contributed by atoms with Crippen molar-refractivity contribution in [3.63, 3.8) is 0 Å². The maximum atomic E-state index is 12.0. The second-order valence-electron chi connectivity index (χ2n) is 5.88. The highest BCUT2D eigenvalue weighted by Crippen LogP contribution is 2.23. The van der Waals surface area contributed by atoms with Crippen molar-refractivity contribution in [3.8, 4) is 0 Å². The predicted molar refractivity (Wildman–Crippen MR) is 85.6 cm³/mol. The molecule has 0 spiro atoms. The average molecular weight is 312 g/mol. The fraction of sp³-hybridized carbons (Fsp3) is 0.533. The van der Waals surface area contributed by atoms with E-state index in [-0.39, 0.29) is 11.4 Å². The largest absolute Gasteiger partial charge is 0.397 e. The molecule has 1 aliphatic rings. The summed E-state index contributed by atoms with van der Waals surface area (Å²) in [6, 6.07) is 5.05. The van der Waals surface area contributed by atoms with Crippen LogP contribution in [0.4, 0.5) is 11.4 Å². The summed E-state index contributed by atoms with van der Waals surface area (Å²) in [7, 11) is 0. The van der Waals surface area contributed by atoms with E-state index in [0.717, 1.165) is 13.2 Å². The molecule has 0 unspecified atom stereocenters. The van der Waals surface area contributed by atoms with Gasteiger partial charge in [0.25, 0.3) is 0 Å². The summed E-state index contributed by atoms with van der Waals surface area (Å²) in [5.41, 5.74) is 6.87. The van der Waals surface area contributed by atoms with E-state index in [2.05, 4.69) is 24.1 Å². The quantitative estimate of drug-likeness (QED) is 0.838. The molecule has 0 atom stereocenters. The second-order valence-corrected chi connectivity index (χ2v) is 6.32. The summed E-state index contributed by atoms with van der Waals surface area (Å²) in [6.07, 6.45) is 0.422. The van der Waals surface area contributed by atoms with Gasteiger partial charge in [-0.2, -0.15) is 0 Å². The number of nitrogens with two attached hydrogens (primary N) is 1. The Morgan fingerprint density at radius 1 is 1.52 bits per heavy atom. The monoisotopic (exact) mass is 311 g/mol. The fourth-order valence-corrected chi connectivity index (χ4v) is 2.58. The smallest absolute Gasteiger partial charge is 0.225 e. The van der Waals surface area contributed by atoms with Gasteiger partial charge in [-0.3, -0.25) is 9.69 Å². The lowest BCUT2D eigenvalue weighted by Gasteiger charge is -2.42. The van der Waals surface area contributed by atoms with Gasteiger partial charge in [-0.15, -0.1) is 0 Å². The van der Waals surface area contributed by atoms with Crippen LogP contribution in [0.3, 0.4) is 0 Å². The van der Waals surface area contributed by atoms with Gasteiger partial charge in [-0.25, -0.2) is 0 Å². The Balaban J connectivity index is 1.87. The van der Waals surface area contributed by atoms with Crippen molar-refractivity contribution in [2.45, 2.75) is 25.8 Å². The molecule has 1 aliphatic heterocycles. The van der Waals surface area contributed by atoms with Crippen LogP contribution in [-0.4, -0.2) is 42.6 Å². The molecule has 0 bridgehead atoms. The summed E-state index contributed by atoms with van der Waals surface area (Å²) >= 11 is 5.84. The minimum Gasteiger partial charge on any atom is -0.397 e. The maximum Gasteiger partial charge on any atom is 0.225 e. The summed E-state index contributed by atoms with van der Waals surface area (Å²) in [6.45, 7) is 7.22. The Hall–Kier alpha value is -1.30. The number of amides is 1. The van der Waals surface area contributed by atoms with E-state index >= 15 is 0 Å². The molecule has 116 valence electrons. The summed E-state index contributed by atoms with van der Waals surface area (Å²) < 4.78 is 5.47. The van der Waals surface area contributed by atoms with Gasteiger partial charge in [0.05, 0.1) is 24.6 Å². The van der Waals surface area contributed by atoms with Crippen LogP contribution >= 0.6 is 11.6 Å². The third-order valence-corrected chi connectivity index (χ3v) is 3.95. The van der Waals surface area contributed by atoms with E-state index in [9.17, 15) is 4.79 Å². The topological polar surface area (TPSA) is 67.6 Å². The number of halogens is 1. The Morgan fingerprint density at radius 2 is 2.29 bits per heavy atom. The van der Waals surface area contributed by atoms with Gasteiger partial charge in [0.15, 0.2) is 0 Å². The molecule has 3 N–H and O–H groups in total. The van der Waals surface area contributed by atoms with Crippen LogP contribution < -0.4 is 11.1 Å². The molecule has 5 nitrogen and oxygen atoms in total. The van der Waals surface area contributed by atoms with Crippen molar-refractivity contribution in [1.29, 1.82) is 0 Å². The molecule has 0 aliphatic carbocycles. The molecule has 21 heavy (non-hydrogen) atoms. The number of nitrogen functional groups attached to an aromatic ring is 1. The minimum atomic E-state index is -0.0497. The van der Waals surface area contributed by atoms with Gasteiger partial charge >= 0.3 is 0 Å². The molecule has 0 saturated carbocycles. The lowest BCUT2D eigenvalue weighted by atomic mass is 10.0. The number of nitrogens with zero attached hydrogens (tertiary/aromatic N) is 1. The Kier molecular flexibility index (Phi) is 5.08. The first-order chi connectivity index (χ1) is 9.88. The first kappa shape index (κ1) is 16.1. The molecule has 1 fully saturated rings. The molecule has 1 aromatic carbocycles. The van der Waals surface area contributed by atoms with Gasteiger partial charge in [0, 0.05) is 30.1 Å². The van der Waals surface area contributed by atoms with Crippen LogP contribution in [0, 0.1) is 0 Å². The third-order valence-electron chi connectivity index (χ3n) is 3.71. The highest BCUT2D eigenvalue weighted by Gasteiger charge is 2.30. The fourth-order valence-electron chi connectivity index (χ4n) is 2.40. The molecule has 0 radical (unpaired) electrons. The zero-order valence-electron chi connectivity index (χ0n) is 12.5. The number of hydrogen-bond donors (Lipinski definition) is 2. The average Bonchev–Trinajstić information content (AvgIpc) is 2.40. The van der Waals surface area contributed by atoms with Gasteiger partial charge in [0.2, 0.25) is 5.91 Å². The molecular formula is C15H22ClN3O2. The van der Waals surface area contributed by atoms with Gasteiger partial charge in [-0.1, -0.05) is 11.6 Å². The number of anilines is 2. The maximum absolute atomic E-state index is 12.0. The number of carbonyl (C=O) groups is 1. The van der Waals surface area contributed by atoms with Crippen LogP contribution in [0.5, 0.6) is 0 Å². The number of morpholine rings is 1. The first-order valence-electron chi connectivity index (χ1n) is 7.06. The van der Waals surface area contributed by atoms with Gasteiger partial charge in [0.1, 0.15) is 0 Å². The van der Waals surface area contributed by atoms with Crippen LogP contribution in [0.25, 0.3) is 0 Å². The number of benzene rings is 1. The van der Waals surface area contributed by atoms with Crippen molar-refractivity contribution in [3.05, 3.63) is 23.2 Å². The number of hydrogen-bond acceptors (Lipinski definition) is 4. The summed E-state index contributed by atoms with van der Waals surface area (Å²) in [5.74, 6) is -0.0497. The Labute approximate surface area is 130 Å². The number of rotatable bonds is 4. The molecule has 1 heterocycles. The summed E-state index contributed by atoms with van der Waals surface area (Å²) in [5, 5.41) is 3.38. The Morgan fingerprint density at radius 3 is 2.95 bits per heavy atom. The molecular weight excluding hydrogens is 290 g/mol. The van der Waals surface area contributed by atoms with E-state index in [1.807, 2.05) is 0 Å². The highest BCUT2D eigenvalue weighted by atomic mass is 35.5. The number of nitrogens with one attached hydrogen (secondary N) is 1. The number of ether oxygens (including phenoxy) is 1. The van der Waals surface area contributed by atoms with E-state index in [1.165, 1.54) is 0 Å². The van der Waals surface area contributed by atoms with E-state index in [4.69, 9.17) is 22.1 Å². The SMILES string of the molecule is CC1(C)COCCN1CCC(=O)Nc1ccc(Cl)cc1N. The highest BCUT2D eigenvalue weighted by molar-refractivity contribution is 6.31. The zero-order valence-corrected chi connectivity index (χ0v) is 13.2. The van der Waals surface area contributed by atoms with Crippen molar-refractivity contribution in [1.82, 2.24) is 4.90 Å². The molecule has 6 heteroatoms. The van der Waals surface area contributed by atoms with Gasteiger partial charge in [-0.05, 0) is 32.0 Å². The lowest BCUT2D eigenvalue weighted by Crippen LogP contribution is -2.53. The predicted octanol–water partition coefficient (Wildman–Crippen LogP) is 2.36. The third kappa shape index (κ3) is 4.33.